The van der Waals surface area contributed by atoms with Gasteiger partial charge in [0.05, 0.1) is 40.3 Å². The summed E-state index contributed by atoms with van der Waals surface area (Å²) in [6.07, 6.45) is 49.2. The number of allylic oxidation sites excluding steroid dienone is 12. The number of esters is 2. The molecule has 0 radical (unpaired) electrons. The molecule has 0 aromatic heterocycles. The monoisotopic (exact) mass is 798 g/mol. The van der Waals surface area contributed by atoms with E-state index in [1.807, 2.05) is 0 Å². The molecule has 0 heterocycles. The quantitative estimate of drug-likeness (QED) is 0.0264. The lowest BCUT2D eigenvalue weighted by Crippen LogP contribution is -2.55. The zero-order valence-electron chi connectivity index (χ0n) is 37.0. The van der Waals surface area contributed by atoms with Gasteiger partial charge in [0.25, 0.3) is 0 Å². The van der Waals surface area contributed by atoms with Gasteiger partial charge >= 0.3 is 11.9 Å². The molecule has 0 rings (SSSR count). The molecule has 0 saturated carbocycles. The van der Waals surface area contributed by atoms with Gasteiger partial charge in [-0.05, 0) is 83.5 Å². The van der Waals surface area contributed by atoms with Crippen LogP contribution in [0.25, 0.3) is 0 Å². The first-order chi connectivity index (χ1) is 27.6. The van der Waals surface area contributed by atoms with E-state index in [0.29, 0.717) is 12.8 Å². The molecule has 8 nitrogen and oxygen atoms in total. The second-order valence-electron chi connectivity index (χ2n) is 15.9. The predicted molar refractivity (Wildman–Crippen MR) is 235 cm³/mol. The third-order valence-electron chi connectivity index (χ3n) is 9.58. The third kappa shape index (κ3) is 38.1. The topological polar surface area (TPSA) is 102 Å². The number of ether oxygens (including phenoxy) is 3. The normalized spacial score (nSPS) is 13.6. The highest BCUT2D eigenvalue weighted by atomic mass is 16.6. The van der Waals surface area contributed by atoms with Crippen molar-refractivity contribution in [3.05, 3.63) is 72.9 Å². The first-order valence-electron chi connectivity index (χ1n) is 22.5. The zero-order valence-corrected chi connectivity index (χ0v) is 37.0. The highest BCUT2D eigenvalue weighted by Gasteiger charge is 2.25. The Hall–Kier alpha value is -3.23. The van der Waals surface area contributed by atoms with Gasteiger partial charge in [-0.3, -0.25) is 9.59 Å². The van der Waals surface area contributed by atoms with E-state index in [1.165, 1.54) is 44.9 Å². The predicted octanol–water partition coefficient (Wildman–Crippen LogP) is 11.0. The van der Waals surface area contributed by atoms with Crippen LogP contribution in [0.2, 0.25) is 0 Å². The van der Waals surface area contributed by atoms with Crippen molar-refractivity contribution in [1.29, 1.82) is 0 Å². The van der Waals surface area contributed by atoms with E-state index < -0.39 is 18.1 Å². The maximum atomic E-state index is 12.7. The minimum atomic E-state index is -1.13. The lowest BCUT2D eigenvalue weighted by Gasteiger charge is -2.34. The van der Waals surface area contributed by atoms with Crippen LogP contribution >= 0.6 is 0 Å². The van der Waals surface area contributed by atoms with Crippen molar-refractivity contribution in [2.75, 3.05) is 41.0 Å². The lowest BCUT2D eigenvalue weighted by molar-refractivity contribution is -0.889. The van der Waals surface area contributed by atoms with Gasteiger partial charge in [0.2, 0.25) is 0 Å². The summed E-state index contributed by atoms with van der Waals surface area (Å²) in [7, 11) is 5.39. The number of nitrogens with zero attached hydrogens (tertiary/aromatic N) is 1. The summed E-state index contributed by atoms with van der Waals surface area (Å²) in [4.78, 5) is 36.9. The number of unbranched alkanes of at least 4 members (excludes halogenated alkanes) is 13. The molecule has 0 amide bonds. The molecule has 0 fully saturated rings. The summed E-state index contributed by atoms with van der Waals surface area (Å²) in [5.74, 6) is -1.79. The summed E-state index contributed by atoms with van der Waals surface area (Å²) in [5.41, 5.74) is 0. The second-order valence-corrected chi connectivity index (χ2v) is 15.9. The molecule has 0 aromatic carbocycles. The molecule has 0 aliphatic carbocycles. The summed E-state index contributed by atoms with van der Waals surface area (Å²) in [5, 5.41) is 11.6. The minimum absolute atomic E-state index is 0.0235. The highest BCUT2D eigenvalue weighted by molar-refractivity contribution is 5.70. The van der Waals surface area contributed by atoms with E-state index in [2.05, 4.69) is 86.8 Å². The smallest absolute Gasteiger partial charge is 0.306 e. The standard InChI is InChI=1S/C49H83NO7/c1-6-8-10-12-14-16-18-20-22-24-26-28-30-32-34-36-38-40-48(52)57-45(43-55-42-41-46(49(53)54)50(3,4)5)44-56-47(51)39-37-35-33-31-29-27-25-23-21-19-17-15-13-11-9-7-2/h9,11,14-17,20-23,27,29,45-46H,6-8,10,12-13,18-19,24-26,28,30-44H2,1-5H3/b11-9+,16-14+,17-15+,22-20+,23-21+,29-27+. The van der Waals surface area contributed by atoms with E-state index in [9.17, 15) is 19.5 Å². The molecule has 8 heteroatoms. The molecule has 0 bridgehead atoms. The fourth-order valence-corrected chi connectivity index (χ4v) is 6.09. The van der Waals surface area contributed by atoms with Gasteiger partial charge in [-0.25, -0.2) is 0 Å². The Bertz CT molecular complexity index is 1160. The molecule has 0 aromatic rings. The van der Waals surface area contributed by atoms with Crippen LogP contribution in [0.5, 0.6) is 0 Å². The van der Waals surface area contributed by atoms with Crippen molar-refractivity contribution < 1.29 is 38.2 Å². The Morgan fingerprint density at radius 1 is 0.544 bits per heavy atom. The molecule has 0 saturated heterocycles. The van der Waals surface area contributed by atoms with E-state index in [-0.39, 0.29) is 42.7 Å². The number of carboxylic acid groups (broad SMARTS) is 1. The molecule has 2 atom stereocenters. The molecule has 326 valence electrons. The summed E-state index contributed by atoms with van der Waals surface area (Å²) >= 11 is 0. The number of rotatable bonds is 39. The molecule has 2 unspecified atom stereocenters. The molecule has 57 heavy (non-hydrogen) atoms. The highest BCUT2D eigenvalue weighted by Crippen LogP contribution is 2.13. The lowest BCUT2D eigenvalue weighted by atomic mass is 10.1. The molecule has 0 spiro atoms. The number of aliphatic carboxylic acids is 1. The van der Waals surface area contributed by atoms with Crippen molar-refractivity contribution >= 4 is 17.9 Å². The summed E-state index contributed by atoms with van der Waals surface area (Å²) in [6.45, 7) is 4.47. The third-order valence-corrected chi connectivity index (χ3v) is 9.58. The number of carbonyl (C=O) groups is 3. The van der Waals surface area contributed by atoms with Crippen molar-refractivity contribution in [1.82, 2.24) is 0 Å². The largest absolute Gasteiger partial charge is 0.544 e. The van der Waals surface area contributed by atoms with Crippen molar-refractivity contribution in [2.45, 2.75) is 180 Å². The average molecular weight is 798 g/mol. The number of hydrogen-bond donors (Lipinski definition) is 0. The molecule has 0 aliphatic rings. The fraction of sp³-hybridized carbons (Fsp3) is 0.694. The van der Waals surface area contributed by atoms with Crippen LogP contribution in [0.4, 0.5) is 0 Å². The van der Waals surface area contributed by atoms with Gasteiger partial charge in [0.15, 0.2) is 6.10 Å². The number of likely N-dealkylation sites (N-methyl/N-ethyl adjacent to an activating group) is 1. The first kappa shape index (κ1) is 53.8. The Balaban J connectivity index is 4.41. The van der Waals surface area contributed by atoms with Crippen molar-refractivity contribution in [2.24, 2.45) is 0 Å². The average Bonchev–Trinajstić information content (AvgIpc) is 3.17. The maximum absolute atomic E-state index is 12.7. The van der Waals surface area contributed by atoms with Gasteiger partial charge in [0, 0.05) is 19.3 Å². The maximum Gasteiger partial charge on any atom is 0.306 e. The van der Waals surface area contributed by atoms with E-state index in [1.54, 1.807) is 21.1 Å². The van der Waals surface area contributed by atoms with Gasteiger partial charge < -0.3 is 28.6 Å². The van der Waals surface area contributed by atoms with E-state index in [0.717, 1.165) is 89.9 Å². The van der Waals surface area contributed by atoms with E-state index in [4.69, 9.17) is 14.2 Å². The Kier molecular flexibility index (Phi) is 37.3. The Morgan fingerprint density at radius 2 is 0.982 bits per heavy atom. The van der Waals surface area contributed by atoms with Gasteiger partial charge in [-0.2, -0.15) is 0 Å². The van der Waals surface area contributed by atoms with Crippen LogP contribution < -0.4 is 5.11 Å². The fourth-order valence-electron chi connectivity index (χ4n) is 6.09. The number of carbonyl (C=O) groups excluding carboxylic acids is 3. The van der Waals surface area contributed by atoms with Gasteiger partial charge in [-0.1, -0.05) is 138 Å². The number of carboxylic acids is 1. The number of quaternary nitrogens is 1. The molecular formula is C49H83NO7. The van der Waals surface area contributed by atoms with Crippen molar-refractivity contribution in [3.63, 3.8) is 0 Å². The first-order valence-corrected chi connectivity index (χ1v) is 22.5. The number of hydrogen-bond acceptors (Lipinski definition) is 7. The second kappa shape index (κ2) is 39.6. The van der Waals surface area contributed by atoms with Crippen LogP contribution in [0, 0.1) is 0 Å². The Morgan fingerprint density at radius 3 is 1.47 bits per heavy atom. The molecule has 0 aliphatic heterocycles. The van der Waals surface area contributed by atoms with Crippen LogP contribution in [0.1, 0.15) is 168 Å². The SMILES string of the molecule is CC/C=C/C/C=C/C/C=C/C/C=C/CCCCCC(=O)OCC(COCCC(C(=O)[O-])[N+](C)(C)C)OC(=O)CCCCCCCCC/C=C/C/C=C/CCCCC. The van der Waals surface area contributed by atoms with Gasteiger partial charge in [-0.15, -0.1) is 0 Å². The minimum Gasteiger partial charge on any atom is -0.544 e. The summed E-state index contributed by atoms with van der Waals surface area (Å²) < 4.78 is 17.1. The van der Waals surface area contributed by atoms with Crippen LogP contribution in [-0.4, -0.2) is 75.5 Å². The van der Waals surface area contributed by atoms with Crippen LogP contribution in [0.15, 0.2) is 72.9 Å². The van der Waals surface area contributed by atoms with Crippen LogP contribution in [0.3, 0.4) is 0 Å². The molecule has 0 N–H and O–H groups in total. The Labute approximate surface area is 349 Å². The zero-order chi connectivity index (χ0) is 42.1. The van der Waals surface area contributed by atoms with E-state index >= 15 is 0 Å². The van der Waals surface area contributed by atoms with Crippen molar-refractivity contribution in [3.8, 4) is 0 Å². The summed E-state index contributed by atoms with van der Waals surface area (Å²) in [6, 6.07) is -0.735. The van der Waals surface area contributed by atoms with Crippen LogP contribution in [-0.2, 0) is 28.6 Å². The van der Waals surface area contributed by atoms with Gasteiger partial charge in [0.1, 0.15) is 12.6 Å². The molecular weight excluding hydrogens is 715 g/mol.